The fraction of sp³-hybridized carbons (Fsp3) is 0.386. The first kappa shape index (κ1) is 43.8. The average Bonchev–Trinajstić information content (AvgIpc) is 3.69. The van der Waals surface area contributed by atoms with Crippen LogP contribution < -0.4 is 20.3 Å². The van der Waals surface area contributed by atoms with Crippen molar-refractivity contribution >= 4 is 62.1 Å². The molecule has 17 nitrogen and oxygen atoms in total. The predicted molar refractivity (Wildman–Crippen MR) is 234 cm³/mol. The molecule has 65 heavy (non-hydrogen) atoms. The molecule has 3 saturated heterocycles. The number of likely N-dealkylation sites (tertiary alicyclic amines) is 1. The van der Waals surface area contributed by atoms with Crippen LogP contribution in [0.4, 0.5) is 30.5 Å². The van der Waals surface area contributed by atoms with Gasteiger partial charge in [0.1, 0.15) is 23.3 Å². The Hall–Kier alpha value is -6.45. The van der Waals surface area contributed by atoms with E-state index in [0.717, 1.165) is 29.3 Å². The van der Waals surface area contributed by atoms with Crippen LogP contribution in [-0.4, -0.2) is 131 Å². The Balaban J connectivity index is 0.761. The molecule has 0 bridgehead atoms. The number of rotatable bonds is 13. The Bertz CT molecular complexity index is 2810. The minimum atomic E-state index is -4.16. The van der Waals surface area contributed by atoms with E-state index in [1.54, 1.807) is 43.7 Å². The van der Waals surface area contributed by atoms with Crippen molar-refractivity contribution in [3.63, 3.8) is 0 Å². The Labute approximate surface area is 372 Å². The monoisotopic (exact) mass is 913 g/mol. The maximum atomic E-state index is 15.6. The molecule has 340 valence electrons. The molecule has 1 unspecified atom stereocenters. The smallest absolute Gasteiger partial charge is 0.301 e. The number of anilines is 3. The number of H-pyrrole nitrogens is 1. The summed E-state index contributed by atoms with van der Waals surface area (Å²) in [6.45, 7) is 5.21. The summed E-state index contributed by atoms with van der Waals surface area (Å²) in [6.07, 6.45) is 8.17. The molecule has 2 aromatic carbocycles. The molecule has 0 radical (unpaired) electrons. The highest BCUT2D eigenvalue weighted by atomic mass is 32.2. The van der Waals surface area contributed by atoms with E-state index in [1.165, 1.54) is 19.3 Å². The van der Waals surface area contributed by atoms with Crippen molar-refractivity contribution in [1.82, 2.24) is 39.4 Å². The van der Waals surface area contributed by atoms with Gasteiger partial charge in [0.25, 0.3) is 0 Å². The molecule has 1 saturated carbocycles. The number of ketones is 1. The third-order valence-corrected chi connectivity index (χ3v) is 14.5. The van der Waals surface area contributed by atoms with Crippen LogP contribution in [0.3, 0.4) is 0 Å². The fourth-order valence-electron chi connectivity index (χ4n) is 8.80. The second kappa shape index (κ2) is 17.5. The highest BCUT2D eigenvalue weighted by Gasteiger charge is 2.44. The number of benzene rings is 2. The van der Waals surface area contributed by atoms with Crippen LogP contribution in [0.2, 0.25) is 0 Å². The number of aromatic amines is 1. The fourth-order valence-corrected chi connectivity index (χ4v) is 9.74. The van der Waals surface area contributed by atoms with Gasteiger partial charge in [0.15, 0.2) is 5.82 Å². The molecule has 6 heterocycles. The zero-order valence-electron chi connectivity index (χ0n) is 35.5. The van der Waals surface area contributed by atoms with Crippen molar-refractivity contribution in [3.8, 4) is 11.1 Å². The van der Waals surface area contributed by atoms with Gasteiger partial charge in [-0.1, -0.05) is 13.0 Å². The van der Waals surface area contributed by atoms with Crippen LogP contribution in [0.5, 0.6) is 0 Å². The molecule has 1 aliphatic carbocycles. The Morgan fingerprint density at radius 2 is 1.65 bits per heavy atom. The standard InChI is InChI=1S/C44H46F3N11O6S/c1-3-55(2)65(63,64)54-35-7-6-33(45)38(39(35)47)40(60)32-21-49-41-31(32)16-25(18-48-41)26-19-50-44(51-20-26)57-12-10-56(11-13-57)43(62)24-14-29(15-24)58-22-27(23-58)30-5-4-28(17-34(30)46)52-36-8-9-37(59)53-42(36)61/h4-7,16-21,24,27,29,36,52,54H,3,8-15,22-23H2,1-2H3,(H,48,49)(H,53,59,61). The molecular weight excluding hydrogens is 868 g/mol. The van der Waals surface area contributed by atoms with Crippen molar-refractivity contribution < 1.29 is 40.8 Å². The molecule has 4 N–H and O–H groups in total. The number of pyridine rings is 1. The van der Waals surface area contributed by atoms with Gasteiger partial charge in [-0.2, -0.15) is 12.7 Å². The lowest BCUT2D eigenvalue weighted by molar-refractivity contribution is -0.142. The number of fused-ring (bicyclic) bond motifs is 1. The number of hydrogen-bond acceptors (Lipinski definition) is 12. The Morgan fingerprint density at radius 1 is 0.923 bits per heavy atom. The van der Waals surface area contributed by atoms with Gasteiger partial charge in [-0.3, -0.25) is 34.1 Å². The summed E-state index contributed by atoms with van der Waals surface area (Å²) in [5, 5.41) is 5.60. The highest BCUT2D eigenvalue weighted by molar-refractivity contribution is 7.90. The van der Waals surface area contributed by atoms with Crippen LogP contribution in [0.25, 0.3) is 22.2 Å². The zero-order valence-corrected chi connectivity index (χ0v) is 36.3. The summed E-state index contributed by atoms with van der Waals surface area (Å²) in [5.74, 6) is -3.98. The number of halogens is 3. The molecular formula is C44H46F3N11O6S. The van der Waals surface area contributed by atoms with Gasteiger partial charge < -0.3 is 20.1 Å². The van der Waals surface area contributed by atoms with E-state index in [0.29, 0.717) is 74.0 Å². The number of carbonyl (C=O) groups is 4. The first-order valence-corrected chi connectivity index (χ1v) is 22.8. The number of piperazine rings is 1. The third-order valence-electron chi connectivity index (χ3n) is 12.9. The number of amides is 3. The van der Waals surface area contributed by atoms with Crippen LogP contribution in [0, 0.1) is 23.4 Å². The van der Waals surface area contributed by atoms with Crippen LogP contribution in [0.15, 0.2) is 61.2 Å². The molecule has 4 fully saturated rings. The maximum Gasteiger partial charge on any atom is 0.301 e. The summed E-state index contributed by atoms with van der Waals surface area (Å²) in [5.41, 5.74) is 0.934. The highest BCUT2D eigenvalue weighted by Crippen LogP contribution is 2.40. The van der Waals surface area contributed by atoms with Crippen LogP contribution >= 0.6 is 0 Å². The average molecular weight is 914 g/mol. The first-order valence-electron chi connectivity index (χ1n) is 21.4. The summed E-state index contributed by atoms with van der Waals surface area (Å²) in [4.78, 5) is 73.2. The van der Waals surface area contributed by atoms with Gasteiger partial charge in [0.05, 0.1) is 11.3 Å². The van der Waals surface area contributed by atoms with E-state index < -0.39 is 50.8 Å². The molecule has 4 aliphatic rings. The minimum Gasteiger partial charge on any atom is -0.374 e. The Morgan fingerprint density at radius 3 is 2.34 bits per heavy atom. The van der Waals surface area contributed by atoms with Crippen molar-refractivity contribution in [3.05, 3.63) is 95.3 Å². The molecule has 1 atom stereocenters. The van der Waals surface area contributed by atoms with Gasteiger partial charge in [0.2, 0.25) is 29.5 Å². The molecule has 9 rings (SSSR count). The van der Waals surface area contributed by atoms with E-state index in [2.05, 4.69) is 40.2 Å². The topological polar surface area (TPSA) is 206 Å². The lowest BCUT2D eigenvalue weighted by Crippen LogP contribution is -2.59. The van der Waals surface area contributed by atoms with E-state index in [9.17, 15) is 27.6 Å². The van der Waals surface area contributed by atoms with Gasteiger partial charge >= 0.3 is 10.2 Å². The molecule has 3 aliphatic heterocycles. The van der Waals surface area contributed by atoms with Gasteiger partial charge in [-0.15, -0.1) is 0 Å². The predicted octanol–water partition coefficient (Wildman–Crippen LogP) is 4.02. The number of imide groups is 1. The summed E-state index contributed by atoms with van der Waals surface area (Å²) in [7, 11) is -2.87. The lowest BCUT2D eigenvalue weighted by Gasteiger charge is -2.51. The molecule has 21 heteroatoms. The van der Waals surface area contributed by atoms with Crippen molar-refractivity contribution in [1.29, 1.82) is 0 Å². The number of piperidine rings is 1. The quantitative estimate of drug-likeness (QED) is 0.0977. The Kier molecular flexibility index (Phi) is 11.8. The van der Waals surface area contributed by atoms with E-state index >= 15 is 13.2 Å². The van der Waals surface area contributed by atoms with Gasteiger partial charge in [0, 0.05) is 130 Å². The summed E-state index contributed by atoms with van der Waals surface area (Å²) >= 11 is 0. The second-order valence-electron chi connectivity index (χ2n) is 16.9. The number of carbonyl (C=O) groups excluding carboxylic acids is 4. The zero-order chi connectivity index (χ0) is 45.7. The summed E-state index contributed by atoms with van der Waals surface area (Å²) < 4.78 is 73.9. The minimum absolute atomic E-state index is 0.0453. The molecule has 5 aromatic rings. The van der Waals surface area contributed by atoms with Crippen molar-refractivity contribution in [2.24, 2.45) is 5.92 Å². The molecule has 0 spiro atoms. The maximum absolute atomic E-state index is 15.6. The second-order valence-corrected chi connectivity index (χ2v) is 18.7. The molecule has 3 amide bonds. The number of hydrogen-bond donors (Lipinski definition) is 4. The van der Waals surface area contributed by atoms with Crippen molar-refractivity contribution in [2.45, 2.75) is 50.6 Å². The normalized spacial score (nSPS) is 20.7. The number of nitrogens with one attached hydrogen (secondary N) is 4. The van der Waals surface area contributed by atoms with E-state index in [1.807, 2.05) is 9.80 Å². The van der Waals surface area contributed by atoms with E-state index in [-0.39, 0.29) is 65.1 Å². The molecule has 3 aromatic heterocycles. The third kappa shape index (κ3) is 8.62. The SMILES string of the molecule is CCN(C)S(=O)(=O)Nc1ccc(F)c(C(=O)c2c[nH]c3ncc(-c4cnc(N5CCN(C(=O)C6CC(N7CC(c8ccc(NC9CCC(=O)NC9=O)cc8F)C7)C6)CC5)nc4)cc23)c1F. The lowest BCUT2D eigenvalue weighted by atomic mass is 9.75. The largest absolute Gasteiger partial charge is 0.374 e. The van der Waals surface area contributed by atoms with Gasteiger partial charge in [-0.05, 0) is 55.2 Å². The van der Waals surface area contributed by atoms with Crippen LogP contribution in [0.1, 0.15) is 60.0 Å². The summed E-state index contributed by atoms with van der Waals surface area (Å²) in [6, 6.07) is 7.98. The van der Waals surface area contributed by atoms with Crippen molar-refractivity contribution in [2.75, 3.05) is 67.8 Å². The van der Waals surface area contributed by atoms with Gasteiger partial charge in [-0.25, -0.2) is 28.1 Å². The number of aromatic nitrogens is 4. The van der Waals surface area contributed by atoms with E-state index in [4.69, 9.17) is 0 Å². The first-order chi connectivity index (χ1) is 31.2. The number of nitrogens with zero attached hydrogens (tertiary/aromatic N) is 7. The van der Waals surface area contributed by atoms with Crippen LogP contribution in [-0.2, 0) is 24.6 Å².